The largest absolute Gasteiger partial charge is 0.346 e. The molecule has 8 heteroatoms. The van der Waals surface area contributed by atoms with Gasteiger partial charge in [0.1, 0.15) is 0 Å². The maximum atomic E-state index is 6.32. The molecule has 1 aliphatic rings. The SMILES string of the molecule is C=N/C=C\C(=N/CNC(C)c1ccccc1)c1sc(N2CCNCC2)nc1-c1cccc(Cl)c1. The van der Waals surface area contributed by atoms with Crippen LogP contribution in [0.3, 0.4) is 0 Å². The summed E-state index contributed by atoms with van der Waals surface area (Å²) in [5.74, 6) is 0. The Labute approximate surface area is 210 Å². The zero-order valence-electron chi connectivity index (χ0n) is 19.2. The first-order chi connectivity index (χ1) is 16.7. The standard InChI is InChI=1S/C26H29ClN6S/c1-19(20-7-4-3-5-8-20)30-18-31-23(11-12-28-2)25-24(21-9-6-10-22(27)17-21)32-26(34-25)33-15-13-29-14-16-33/h3-12,17,19,29-30H,2,13-16,18H2,1H3/b12-11-,31-23+. The molecule has 2 heterocycles. The Morgan fingerprint density at radius 2 is 2.03 bits per heavy atom. The van der Waals surface area contributed by atoms with Crippen molar-refractivity contribution in [1.29, 1.82) is 0 Å². The second-order valence-electron chi connectivity index (χ2n) is 7.96. The van der Waals surface area contributed by atoms with Crippen LogP contribution in [-0.2, 0) is 0 Å². The lowest BCUT2D eigenvalue weighted by atomic mass is 10.1. The van der Waals surface area contributed by atoms with Gasteiger partial charge in [0.2, 0.25) is 0 Å². The second-order valence-corrected chi connectivity index (χ2v) is 9.37. The van der Waals surface area contributed by atoms with E-state index in [9.17, 15) is 0 Å². The van der Waals surface area contributed by atoms with Gasteiger partial charge in [0.25, 0.3) is 0 Å². The summed E-state index contributed by atoms with van der Waals surface area (Å²) < 4.78 is 0. The Kier molecular flexibility index (Phi) is 8.60. The first-order valence-electron chi connectivity index (χ1n) is 11.3. The number of hydrogen-bond acceptors (Lipinski definition) is 7. The zero-order chi connectivity index (χ0) is 23.8. The smallest absolute Gasteiger partial charge is 0.186 e. The van der Waals surface area contributed by atoms with Crippen LogP contribution in [0.4, 0.5) is 5.13 Å². The van der Waals surface area contributed by atoms with Crippen LogP contribution in [-0.4, -0.2) is 50.3 Å². The molecule has 1 aliphatic heterocycles. The molecule has 0 spiro atoms. The van der Waals surface area contributed by atoms with E-state index in [0.717, 1.165) is 53.2 Å². The minimum absolute atomic E-state index is 0.179. The number of piperazine rings is 1. The molecule has 176 valence electrons. The third-order valence-electron chi connectivity index (χ3n) is 5.62. The number of anilines is 1. The number of rotatable bonds is 9. The van der Waals surface area contributed by atoms with Gasteiger partial charge in [-0.3, -0.25) is 15.3 Å². The van der Waals surface area contributed by atoms with Crippen molar-refractivity contribution in [2.75, 3.05) is 37.7 Å². The van der Waals surface area contributed by atoms with Crippen LogP contribution in [0, 0.1) is 0 Å². The Morgan fingerprint density at radius 1 is 1.24 bits per heavy atom. The van der Waals surface area contributed by atoms with Crippen LogP contribution in [0.5, 0.6) is 0 Å². The number of allylic oxidation sites excluding steroid dienone is 1. The Morgan fingerprint density at radius 3 is 2.76 bits per heavy atom. The van der Waals surface area contributed by atoms with Gasteiger partial charge >= 0.3 is 0 Å². The van der Waals surface area contributed by atoms with Crippen molar-refractivity contribution in [3.8, 4) is 11.3 Å². The topological polar surface area (TPSA) is 64.9 Å². The van der Waals surface area contributed by atoms with E-state index in [1.807, 2.05) is 48.5 Å². The Hall–Kier alpha value is -2.84. The number of nitrogens with one attached hydrogen (secondary N) is 2. The molecule has 3 aromatic rings. The van der Waals surface area contributed by atoms with Crippen molar-refractivity contribution < 1.29 is 0 Å². The lowest BCUT2D eigenvalue weighted by molar-refractivity contribution is 0.588. The third kappa shape index (κ3) is 6.18. The van der Waals surface area contributed by atoms with E-state index < -0.39 is 0 Å². The summed E-state index contributed by atoms with van der Waals surface area (Å²) in [5.41, 5.74) is 3.89. The number of hydrogen-bond donors (Lipinski definition) is 2. The fraction of sp³-hybridized carbons (Fsp3) is 0.269. The molecule has 1 aromatic heterocycles. The molecule has 0 radical (unpaired) electrons. The lowest BCUT2D eigenvalue weighted by Crippen LogP contribution is -2.43. The summed E-state index contributed by atoms with van der Waals surface area (Å²) in [5, 5.41) is 8.57. The molecule has 0 amide bonds. The van der Waals surface area contributed by atoms with Crippen LogP contribution in [0.25, 0.3) is 11.3 Å². The van der Waals surface area contributed by atoms with Crippen molar-refractivity contribution in [1.82, 2.24) is 15.6 Å². The average Bonchev–Trinajstić information content (AvgIpc) is 3.32. The van der Waals surface area contributed by atoms with E-state index >= 15 is 0 Å². The molecule has 2 aromatic carbocycles. The highest BCUT2D eigenvalue weighted by Crippen LogP contribution is 2.35. The second kappa shape index (κ2) is 12.0. The predicted octanol–water partition coefficient (Wildman–Crippen LogP) is 5.18. The average molecular weight is 493 g/mol. The summed E-state index contributed by atoms with van der Waals surface area (Å²) in [6, 6.07) is 18.3. The van der Waals surface area contributed by atoms with Crippen LogP contribution in [0.15, 0.2) is 76.9 Å². The monoisotopic (exact) mass is 492 g/mol. The molecule has 4 rings (SSSR count). The van der Waals surface area contributed by atoms with Gasteiger partial charge in [0, 0.05) is 49.0 Å². The van der Waals surface area contributed by atoms with Gasteiger partial charge in [-0.25, -0.2) is 4.98 Å². The number of benzene rings is 2. The molecule has 2 N–H and O–H groups in total. The lowest BCUT2D eigenvalue weighted by Gasteiger charge is -2.26. The molecule has 1 saturated heterocycles. The van der Waals surface area contributed by atoms with Gasteiger partial charge in [-0.2, -0.15) is 0 Å². The maximum absolute atomic E-state index is 6.32. The minimum atomic E-state index is 0.179. The first kappa shape index (κ1) is 24.3. The maximum Gasteiger partial charge on any atom is 0.186 e. The fourth-order valence-electron chi connectivity index (χ4n) is 3.76. The first-order valence-corrected chi connectivity index (χ1v) is 12.5. The molecule has 0 bridgehead atoms. The van der Waals surface area contributed by atoms with Crippen molar-refractivity contribution >= 4 is 40.5 Å². The van der Waals surface area contributed by atoms with Crippen LogP contribution >= 0.6 is 22.9 Å². The van der Waals surface area contributed by atoms with E-state index in [1.54, 1.807) is 17.5 Å². The fourth-order valence-corrected chi connectivity index (χ4v) is 5.07. The predicted molar refractivity (Wildman–Crippen MR) is 146 cm³/mol. The highest BCUT2D eigenvalue weighted by Gasteiger charge is 2.21. The quantitative estimate of drug-likeness (QED) is 0.404. The number of aliphatic imine (C=N–C) groups is 2. The summed E-state index contributed by atoms with van der Waals surface area (Å²) in [6.45, 7) is 9.94. The van der Waals surface area contributed by atoms with Crippen molar-refractivity contribution in [3.05, 3.63) is 82.3 Å². The van der Waals surface area contributed by atoms with Crippen molar-refractivity contribution in [2.45, 2.75) is 13.0 Å². The van der Waals surface area contributed by atoms with Gasteiger partial charge < -0.3 is 10.2 Å². The zero-order valence-corrected chi connectivity index (χ0v) is 20.8. The van der Waals surface area contributed by atoms with Crippen LogP contribution in [0.1, 0.15) is 23.4 Å². The van der Waals surface area contributed by atoms with E-state index in [-0.39, 0.29) is 6.04 Å². The van der Waals surface area contributed by atoms with Gasteiger partial charge in [-0.1, -0.05) is 65.4 Å². The highest BCUT2D eigenvalue weighted by atomic mass is 35.5. The Bertz CT molecular complexity index is 1150. The summed E-state index contributed by atoms with van der Waals surface area (Å²) in [4.78, 5) is 17.2. The molecule has 1 atom stereocenters. The van der Waals surface area contributed by atoms with E-state index in [2.05, 4.69) is 46.3 Å². The molecular weight excluding hydrogens is 464 g/mol. The van der Waals surface area contributed by atoms with E-state index in [1.165, 1.54) is 5.56 Å². The van der Waals surface area contributed by atoms with Crippen molar-refractivity contribution in [2.24, 2.45) is 9.98 Å². The Balaban J connectivity index is 1.67. The highest BCUT2D eigenvalue weighted by molar-refractivity contribution is 7.18. The van der Waals surface area contributed by atoms with Gasteiger partial charge in [-0.05, 0) is 37.4 Å². The number of aromatic nitrogens is 1. The molecule has 6 nitrogen and oxygen atoms in total. The van der Waals surface area contributed by atoms with Gasteiger partial charge in [0.05, 0.1) is 23.0 Å². The van der Waals surface area contributed by atoms with Crippen molar-refractivity contribution in [3.63, 3.8) is 0 Å². The molecular formula is C26H29ClN6S. The van der Waals surface area contributed by atoms with Gasteiger partial charge in [-0.15, -0.1) is 0 Å². The molecule has 0 aliphatic carbocycles. The summed E-state index contributed by atoms with van der Waals surface area (Å²) in [6.07, 6.45) is 3.57. The minimum Gasteiger partial charge on any atom is -0.346 e. The number of halogens is 1. The van der Waals surface area contributed by atoms with Crippen LogP contribution in [0.2, 0.25) is 5.02 Å². The number of nitrogens with zero attached hydrogens (tertiary/aromatic N) is 4. The van der Waals surface area contributed by atoms with Gasteiger partial charge in [0.15, 0.2) is 5.13 Å². The third-order valence-corrected chi connectivity index (χ3v) is 6.99. The summed E-state index contributed by atoms with van der Waals surface area (Å²) in [7, 11) is 0. The summed E-state index contributed by atoms with van der Waals surface area (Å²) >= 11 is 7.97. The van der Waals surface area contributed by atoms with E-state index in [0.29, 0.717) is 11.7 Å². The van der Waals surface area contributed by atoms with E-state index in [4.69, 9.17) is 21.6 Å². The normalized spacial score (nSPS) is 15.6. The molecule has 1 unspecified atom stereocenters. The molecule has 1 fully saturated rings. The van der Waals surface area contributed by atoms with Crippen LogP contribution < -0.4 is 15.5 Å². The number of thiazole rings is 1. The molecule has 34 heavy (non-hydrogen) atoms. The molecule has 0 saturated carbocycles.